The van der Waals surface area contributed by atoms with Gasteiger partial charge in [0.1, 0.15) is 50.1 Å². The van der Waals surface area contributed by atoms with Crippen LogP contribution in [0.5, 0.6) is 11.5 Å². The van der Waals surface area contributed by atoms with Crippen molar-refractivity contribution < 1.29 is 38.7 Å². The molecular weight excluding hydrogens is 741 g/mol. The van der Waals surface area contributed by atoms with Crippen LogP contribution in [0, 0.1) is 0 Å². The van der Waals surface area contributed by atoms with E-state index in [9.17, 15) is 19.8 Å². The number of rotatable bonds is 14. The van der Waals surface area contributed by atoms with Crippen LogP contribution in [0.3, 0.4) is 0 Å². The lowest BCUT2D eigenvalue weighted by atomic mass is 9.66. The maximum atomic E-state index is 11.8. The number of hydrogen-bond acceptors (Lipinski definition) is 8. The molecule has 8 heteroatoms. The van der Waals surface area contributed by atoms with Gasteiger partial charge < -0.3 is 29.2 Å². The summed E-state index contributed by atoms with van der Waals surface area (Å²) < 4.78 is 22.0. The van der Waals surface area contributed by atoms with Crippen LogP contribution in [0.2, 0.25) is 0 Å². The normalized spacial score (nSPS) is 15.3. The van der Waals surface area contributed by atoms with Gasteiger partial charge in [0.05, 0.1) is 5.41 Å². The highest BCUT2D eigenvalue weighted by atomic mass is 16.6. The van der Waals surface area contributed by atoms with Gasteiger partial charge in [-0.2, -0.15) is 0 Å². The van der Waals surface area contributed by atoms with Crippen molar-refractivity contribution in [2.24, 2.45) is 0 Å². The highest BCUT2D eigenvalue weighted by Gasteiger charge is 2.47. The minimum atomic E-state index is -0.993. The Morgan fingerprint density at radius 3 is 1.58 bits per heavy atom. The van der Waals surface area contributed by atoms with Gasteiger partial charge in [-0.1, -0.05) is 110 Å². The molecule has 296 valence electrons. The van der Waals surface area contributed by atoms with Crippen LogP contribution in [0.15, 0.2) is 158 Å². The number of benzene rings is 7. The Bertz CT molecular complexity index is 2660. The van der Waals surface area contributed by atoms with Gasteiger partial charge in [0.15, 0.2) is 0 Å². The van der Waals surface area contributed by atoms with Crippen molar-refractivity contribution >= 4 is 44.3 Å². The molecule has 2 N–H and O–H groups in total. The molecule has 0 amide bonds. The Balaban J connectivity index is 1.18. The molecule has 8 nitrogen and oxygen atoms in total. The van der Waals surface area contributed by atoms with Crippen LogP contribution >= 0.6 is 0 Å². The summed E-state index contributed by atoms with van der Waals surface area (Å²) in [5, 5.41) is 27.1. The smallest absolute Gasteiger partial charge is 0.333 e. The molecule has 0 spiro atoms. The topological polar surface area (TPSA) is 112 Å². The number of hydrogen-bond donors (Lipinski definition) is 2. The zero-order valence-corrected chi connectivity index (χ0v) is 32.9. The lowest BCUT2D eigenvalue weighted by molar-refractivity contribution is -0.143. The van der Waals surface area contributed by atoms with E-state index < -0.39 is 29.6 Å². The molecule has 7 aromatic carbocycles. The Morgan fingerprint density at radius 1 is 0.542 bits per heavy atom. The highest BCUT2D eigenvalue weighted by Crippen LogP contribution is 2.58. The first kappa shape index (κ1) is 39.1. The summed E-state index contributed by atoms with van der Waals surface area (Å²) in [6, 6.07) is 46.6. The van der Waals surface area contributed by atoms with E-state index in [1.54, 1.807) is 13.8 Å². The van der Waals surface area contributed by atoms with Crippen LogP contribution in [0.1, 0.15) is 36.1 Å². The first-order chi connectivity index (χ1) is 28.5. The molecule has 8 rings (SSSR count). The summed E-state index contributed by atoms with van der Waals surface area (Å²) in [6.45, 7) is 9.80. The molecule has 0 bridgehead atoms. The Morgan fingerprint density at radius 2 is 1.02 bits per heavy atom. The molecular formula is C51H44O8. The number of ether oxygens (including phenoxy) is 4. The lowest BCUT2D eigenvalue weighted by Gasteiger charge is -2.35. The summed E-state index contributed by atoms with van der Waals surface area (Å²) in [7, 11) is 0. The summed E-state index contributed by atoms with van der Waals surface area (Å²) in [6.07, 6.45) is -1.99. The van der Waals surface area contributed by atoms with Gasteiger partial charge in [-0.05, 0) is 116 Å². The average Bonchev–Trinajstić information content (AvgIpc) is 3.56. The van der Waals surface area contributed by atoms with E-state index in [2.05, 4.69) is 110 Å². The van der Waals surface area contributed by atoms with E-state index in [-0.39, 0.29) is 37.6 Å². The van der Waals surface area contributed by atoms with Gasteiger partial charge in [-0.25, -0.2) is 9.59 Å². The fourth-order valence-electron chi connectivity index (χ4n) is 8.01. The fraction of sp³-hybridized carbons (Fsp3) is 0.176. The van der Waals surface area contributed by atoms with Gasteiger partial charge in [0.2, 0.25) is 0 Å². The fourth-order valence-corrected chi connectivity index (χ4v) is 8.01. The predicted octanol–water partition coefficient (Wildman–Crippen LogP) is 9.23. The van der Waals surface area contributed by atoms with Gasteiger partial charge in [-0.15, -0.1) is 0 Å². The van der Waals surface area contributed by atoms with E-state index in [0.717, 1.165) is 38.1 Å². The van der Waals surface area contributed by atoms with Gasteiger partial charge in [0.25, 0.3) is 0 Å². The van der Waals surface area contributed by atoms with Crippen molar-refractivity contribution in [2.45, 2.75) is 31.5 Å². The summed E-state index contributed by atoms with van der Waals surface area (Å²) in [5.74, 6) is 0.0707. The minimum Gasteiger partial charge on any atom is -0.491 e. The first-order valence-corrected chi connectivity index (χ1v) is 19.5. The summed E-state index contributed by atoms with van der Waals surface area (Å²) >= 11 is 0. The second-order valence-electron chi connectivity index (χ2n) is 15.1. The molecule has 0 fully saturated rings. The van der Waals surface area contributed by atoms with Crippen LogP contribution in [-0.2, 0) is 24.5 Å². The molecule has 1 aliphatic carbocycles. The number of esters is 2. The highest BCUT2D eigenvalue weighted by molar-refractivity contribution is 6.01. The van der Waals surface area contributed by atoms with E-state index >= 15 is 0 Å². The first-order valence-electron chi connectivity index (χ1n) is 19.5. The quantitative estimate of drug-likeness (QED) is 0.0830. The van der Waals surface area contributed by atoms with Crippen LogP contribution < -0.4 is 9.47 Å². The van der Waals surface area contributed by atoms with E-state index in [4.69, 9.17) is 18.9 Å². The van der Waals surface area contributed by atoms with E-state index in [1.807, 2.05) is 36.4 Å². The molecule has 1 aliphatic rings. The Labute approximate surface area is 342 Å². The largest absolute Gasteiger partial charge is 0.491 e. The SMILES string of the molecule is C=C(C)C(=O)OCC(O)COc1ccc2cc(C3(c4ccc5cc(OCC(O)COC(=O)C(=C)C)ccc5c4)c4ccccc4-c4ccc5ccccc5c43)ccc2c1. The van der Waals surface area contributed by atoms with Crippen molar-refractivity contribution in [1.29, 1.82) is 0 Å². The zero-order valence-electron chi connectivity index (χ0n) is 32.9. The van der Waals surface area contributed by atoms with Gasteiger partial charge >= 0.3 is 11.9 Å². The van der Waals surface area contributed by atoms with Gasteiger partial charge in [-0.3, -0.25) is 0 Å². The second kappa shape index (κ2) is 16.3. The molecule has 59 heavy (non-hydrogen) atoms. The maximum absolute atomic E-state index is 11.8. The molecule has 0 saturated heterocycles. The van der Waals surface area contributed by atoms with Crippen molar-refractivity contribution in [3.8, 4) is 22.6 Å². The Hall–Kier alpha value is -6.74. The molecule has 0 aliphatic heterocycles. The predicted molar refractivity (Wildman–Crippen MR) is 231 cm³/mol. The Kier molecular flexibility index (Phi) is 10.8. The van der Waals surface area contributed by atoms with Crippen molar-refractivity contribution in [2.75, 3.05) is 26.4 Å². The van der Waals surface area contributed by atoms with E-state index in [1.165, 1.54) is 27.6 Å². The number of aliphatic hydroxyl groups is 2. The average molecular weight is 785 g/mol. The van der Waals surface area contributed by atoms with Crippen molar-refractivity contribution in [1.82, 2.24) is 0 Å². The molecule has 2 unspecified atom stereocenters. The third kappa shape index (κ3) is 7.56. The van der Waals surface area contributed by atoms with Crippen LogP contribution in [0.4, 0.5) is 0 Å². The molecule has 0 saturated carbocycles. The summed E-state index contributed by atoms with van der Waals surface area (Å²) in [5.41, 5.74) is 6.83. The number of aliphatic hydroxyl groups excluding tert-OH is 2. The molecule has 0 heterocycles. The van der Waals surface area contributed by atoms with Crippen molar-refractivity contribution in [3.05, 3.63) is 180 Å². The number of fused-ring (bicyclic) bond motifs is 7. The monoisotopic (exact) mass is 784 g/mol. The maximum Gasteiger partial charge on any atom is 0.333 e. The molecule has 7 aromatic rings. The lowest BCUT2D eigenvalue weighted by Crippen LogP contribution is -2.29. The minimum absolute atomic E-state index is 0.0404. The molecule has 0 aromatic heterocycles. The van der Waals surface area contributed by atoms with Crippen LogP contribution in [-0.4, -0.2) is 60.8 Å². The number of carbonyl (C=O) groups is 2. The van der Waals surface area contributed by atoms with Crippen molar-refractivity contribution in [3.63, 3.8) is 0 Å². The zero-order chi connectivity index (χ0) is 41.3. The standard InChI is InChI=1S/C51H44O8/c1-31(2)49(54)58-29-40(52)27-56-42-20-15-34-23-38(18-13-36(34)25-42)51(47-12-8-7-11-45(47)46-22-17-33-9-5-6-10-44(33)48(46)51)39-19-14-37-26-43(21-16-35(37)24-39)57-28-41(53)30-59-50(55)32(3)4/h5-26,40-41,52-53H,1,3,27-30H2,2,4H3. The third-order valence-electron chi connectivity index (χ3n) is 10.8. The van der Waals surface area contributed by atoms with Gasteiger partial charge in [0, 0.05) is 11.1 Å². The molecule has 0 radical (unpaired) electrons. The molecule has 2 atom stereocenters. The van der Waals surface area contributed by atoms with E-state index in [0.29, 0.717) is 11.5 Å². The van der Waals surface area contributed by atoms with Crippen LogP contribution in [0.25, 0.3) is 43.4 Å². The second-order valence-corrected chi connectivity index (χ2v) is 15.1. The summed E-state index contributed by atoms with van der Waals surface area (Å²) in [4.78, 5) is 23.5. The third-order valence-corrected chi connectivity index (χ3v) is 10.8. The number of carbonyl (C=O) groups excluding carboxylic acids is 2.